The zero-order chi connectivity index (χ0) is 13.1. The average molecular weight is 284 g/mol. The summed E-state index contributed by atoms with van der Waals surface area (Å²) in [5.74, 6) is 0.0257. The van der Waals surface area contributed by atoms with Crippen molar-refractivity contribution in [2.45, 2.75) is 19.9 Å². The van der Waals surface area contributed by atoms with Crippen molar-refractivity contribution in [1.29, 1.82) is 0 Å². The minimum absolute atomic E-state index is 0.151. The number of benzene rings is 1. The molecule has 0 aliphatic heterocycles. The molecule has 1 aromatic carbocycles. The highest BCUT2D eigenvalue weighted by Crippen LogP contribution is 2.30. The average Bonchev–Trinajstić information content (AvgIpc) is 2.83. The Hall–Kier alpha value is -1.06. The van der Waals surface area contributed by atoms with Crippen molar-refractivity contribution in [3.05, 3.63) is 51.4 Å². The quantitative estimate of drug-likeness (QED) is 0.797. The highest BCUT2D eigenvalue weighted by Gasteiger charge is 2.16. The number of anilines is 1. The Morgan fingerprint density at radius 1 is 1.28 bits per heavy atom. The van der Waals surface area contributed by atoms with Gasteiger partial charge in [-0.05, 0) is 35.6 Å². The van der Waals surface area contributed by atoms with Gasteiger partial charge in [0.1, 0.15) is 5.82 Å². The summed E-state index contributed by atoms with van der Waals surface area (Å²) in [6.45, 7) is 4.29. The summed E-state index contributed by atoms with van der Waals surface area (Å²) < 4.78 is 13.4. The van der Waals surface area contributed by atoms with E-state index in [0.717, 1.165) is 5.69 Å². The lowest BCUT2D eigenvalue weighted by atomic mass is 10.0. The van der Waals surface area contributed by atoms with E-state index in [0.29, 0.717) is 5.92 Å². The van der Waals surface area contributed by atoms with Crippen LogP contribution in [-0.4, -0.2) is 0 Å². The Balaban J connectivity index is 2.21. The van der Waals surface area contributed by atoms with Crippen LogP contribution in [0.4, 0.5) is 10.1 Å². The normalized spacial score (nSPS) is 12.7. The van der Waals surface area contributed by atoms with Crippen molar-refractivity contribution in [2.24, 2.45) is 5.92 Å². The molecule has 1 N–H and O–H groups in total. The number of thiophene rings is 1. The Labute approximate surface area is 116 Å². The molecule has 0 aliphatic rings. The fraction of sp³-hybridized carbons (Fsp3) is 0.286. The molecule has 1 unspecified atom stereocenters. The molecule has 0 bridgehead atoms. The van der Waals surface area contributed by atoms with E-state index in [-0.39, 0.29) is 11.1 Å². The molecule has 4 heteroatoms. The van der Waals surface area contributed by atoms with Crippen LogP contribution < -0.4 is 5.32 Å². The summed E-state index contributed by atoms with van der Waals surface area (Å²) in [6, 6.07) is 9.12. The first kappa shape index (κ1) is 13.4. The van der Waals surface area contributed by atoms with Gasteiger partial charge in [-0.2, -0.15) is 0 Å². The molecular formula is C14H15ClFNS. The second-order valence-corrected chi connectivity index (χ2v) is 5.90. The molecule has 96 valence electrons. The maximum absolute atomic E-state index is 13.4. The number of halogens is 2. The molecule has 0 spiro atoms. The topological polar surface area (TPSA) is 12.0 Å². The van der Waals surface area contributed by atoms with Crippen molar-refractivity contribution in [1.82, 2.24) is 0 Å². The van der Waals surface area contributed by atoms with Crippen molar-refractivity contribution < 1.29 is 4.39 Å². The third-order valence-corrected chi connectivity index (χ3v) is 4.02. The summed E-state index contributed by atoms with van der Waals surface area (Å²) >= 11 is 7.38. The van der Waals surface area contributed by atoms with Crippen molar-refractivity contribution in [3.8, 4) is 0 Å². The van der Waals surface area contributed by atoms with Gasteiger partial charge in [0, 0.05) is 10.6 Å². The van der Waals surface area contributed by atoms with Gasteiger partial charge in [0.25, 0.3) is 0 Å². The molecule has 1 nitrogen and oxygen atoms in total. The van der Waals surface area contributed by atoms with Gasteiger partial charge in [0.2, 0.25) is 0 Å². The first-order valence-electron chi connectivity index (χ1n) is 5.83. The number of rotatable bonds is 4. The van der Waals surface area contributed by atoms with Gasteiger partial charge >= 0.3 is 0 Å². The first-order chi connectivity index (χ1) is 8.58. The van der Waals surface area contributed by atoms with Crippen molar-refractivity contribution in [2.75, 3.05) is 5.32 Å². The summed E-state index contributed by atoms with van der Waals surface area (Å²) in [5, 5.41) is 5.56. The molecule has 1 atom stereocenters. The largest absolute Gasteiger partial charge is 0.377 e. The van der Waals surface area contributed by atoms with E-state index in [9.17, 15) is 4.39 Å². The molecule has 0 radical (unpaired) electrons. The monoisotopic (exact) mass is 283 g/mol. The lowest BCUT2D eigenvalue weighted by molar-refractivity contribution is 0.553. The van der Waals surface area contributed by atoms with Crippen LogP contribution in [-0.2, 0) is 0 Å². The lowest BCUT2D eigenvalue weighted by Gasteiger charge is -2.22. The molecule has 0 saturated carbocycles. The Morgan fingerprint density at radius 3 is 2.61 bits per heavy atom. The van der Waals surface area contributed by atoms with Crippen LogP contribution in [0.25, 0.3) is 0 Å². The third-order valence-electron chi connectivity index (χ3n) is 2.76. The predicted octanol–water partition coefficient (Wildman–Crippen LogP) is 5.35. The molecule has 18 heavy (non-hydrogen) atoms. The van der Waals surface area contributed by atoms with Gasteiger partial charge in [-0.1, -0.05) is 31.5 Å². The summed E-state index contributed by atoms with van der Waals surface area (Å²) in [7, 11) is 0. The van der Waals surface area contributed by atoms with Crippen LogP contribution in [0.3, 0.4) is 0 Å². The van der Waals surface area contributed by atoms with E-state index in [1.807, 2.05) is 6.07 Å². The minimum atomic E-state index is -0.393. The van der Waals surface area contributed by atoms with E-state index in [2.05, 4.69) is 30.6 Å². The fourth-order valence-corrected chi connectivity index (χ4v) is 2.87. The molecule has 0 fully saturated rings. The fourth-order valence-electron chi connectivity index (χ4n) is 1.80. The van der Waals surface area contributed by atoms with Crippen LogP contribution in [0.15, 0.2) is 35.7 Å². The molecule has 0 aliphatic carbocycles. The summed E-state index contributed by atoms with van der Waals surface area (Å²) in [6.07, 6.45) is 0. The van der Waals surface area contributed by atoms with Crippen LogP contribution in [0.2, 0.25) is 5.02 Å². The van der Waals surface area contributed by atoms with E-state index in [1.165, 1.54) is 10.9 Å². The van der Waals surface area contributed by atoms with Crippen LogP contribution in [0, 0.1) is 11.7 Å². The highest BCUT2D eigenvalue weighted by atomic mass is 35.5. The molecular weight excluding hydrogens is 269 g/mol. The number of hydrogen-bond acceptors (Lipinski definition) is 2. The van der Waals surface area contributed by atoms with E-state index in [4.69, 9.17) is 11.6 Å². The first-order valence-corrected chi connectivity index (χ1v) is 7.08. The van der Waals surface area contributed by atoms with E-state index in [1.54, 1.807) is 23.5 Å². The molecule has 1 aromatic heterocycles. The number of nitrogens with one attached hydrogen (secondary N) is 1. The van der Waals surface area contributed by atoms with Crippen LogP contribution in [0.5, 0.6) is 0 Å². The summed E-state index contributed by atoms with van der Waals surface area (Å²) in [5.41, 5.74) is 0.754. The second kappa shape index (κ2) is 5.72. The van der Waals surface area contributed by atoms with Gasteiger partial charge in [-0.3, -0.25) is 0 Å². The molecule has 0 saturated heterocycles. The molecule has 2 aromatic rings. The van der Waals surface area contributed by atoms with E-state index >= 15 is 0 Å². The Morgan fingerprint density at radius 2 is 2.06 bits per heavy atom. The Kier molecular flexibility index (Phi) is 4.25. The van der Waals surface area contributed by atoms with Crippen LogP contribution >= 0.6 is 22.9 Å². The van der Waals surface area contributed by atoms with Gasteiger partial charge in [0.15, 0.2) is 0 Å². The van der Waals surface area contributed by atoms with Gasteiger partial charge in [0.05, 0.1) is 11.1 Å². The maximum atomic E-state index is 13.4. The molecule has 2 rings (SSSR count). The smallest absolute Gasteiger partial charge is 0.143 e. The van der Waals surface area contributed by atoms with Crippen molar-refractivity contribution >= 4 is 28.6 Å². The zero-order valence-electron chi connectivity index (χ0n) is 10.3. The second-order valence-electron chi connectivity index (χ2n) is 4.51. The Bertz CT molecular complexity index is 511. The van der Waals surface area contributed by atoms with Gasteiger partial charge in [-0.15, -0.1) is 11.3 Å². The predicted molar refractivity (Wildman–Crippen MR) is 76.9 cm³/mol. The summed E-state index contributed by atoms with van der Waals surface area (Å²) in [4.78, 5) is 1.25. The van der Waals surface area contributed by atoms with Crippen LogP contribution in [0.1, 0.15) is 24.8 Å². The van der Waals surface area contributed by atoms with Gasteiger partial charge in [-0.25, -0.2) is 4.39 Å². The standard InChI is InChI=1S/C14H15ClFNS/c1-9(2)14(13-4-3-7-18-13)17-10-5-6-11(15)12(16)8-10/h3-9,14,17H,1-2H3. The molecule has 0 amide bonds. The van der Waals surface area contributed by atoms with Crippen molar-refractivity contribution in [3.63, 3.8) is 0 Å². The van der Waals surface area contributed by atoms with Gasteiger partial charge < -0.3 is 5.32 Å². The SMILES string of the molecule is CC(C)C(Nc1ccc(Cl)c(F)c1)c1cccs1. The minimum Gasteiger partial charge on any atom is -0.377 e. The molecule has 1 heterocycles. The number of hydrogen-bond donors (Lipinski definition) is 1. The lowest BCUT2D eigenvalue weighted by Crippen LogP contribution is -2.15. The third kappa shape index (κ3) is 3.03. The van der Waals surface area contributed by atoms with E-state index < -0.39 is 5.82 Å². The zero-order valence-corrected chi connectivity index (χ0v) is 11.9. The highest BCUT2D eigenvalue weighted by molar-refractivity contribution is 7.10. The maximum Gasteiger partial charge on any atom is 0.143 e.